The van der Waals surface area contributed by atoms with Gasteiger partial charge in [0.2, 0.25) is 0 Å². The molecular weight excluding hydrogens is 974 g/mol. The Labute approximate surface area is 380 Å². The van der Waals surface area contributed by atoms with Crippen LogP contribution < -0.4 is 34.7 Å². The number of rotatable bonds is 16. The number of aliphatic carboxylic acids is 2. The van der Waals surface area contributed by atoms with E-state index in [1.54, 1.807) is 24.3 Å². The van der Waals surface area contributed by atoms with Crippen LogP contribution in [0.15, 0.2) is 168 Å². The van der Waals surface area contributed by atoms with Crippen molar-refractivity contribution >= 4 is 81.0 Å². The van der Waals surface area contributed by atoms with Crippen molar-refractivity contribution in [2.75, 3.05) is 0 Å². The molecule has 0 bridgehead atoms. The van der Waals surface area contributed by atoms with E-state index in [0.717, 1.165) is 11.1 Å². The monoisotopic (exact) mass is 1030 g/mol. The van der Waals surface area contributed by atoms with Crippen LogP contribution >= 0.6 is 0 Å². The molecular formula is C51H50N2O6Sn2. The van der Waals surface area contributed by atoms with Gasteiger partial charge in [-0.05, 0) is 53.4 Å². The number of nitrogens with zero attached hydrogens (tertiary/aromatic N) is 2. The Bertz CT molecular complexity index is 2050. The van der Waals surface area contributed by atoms with Gasteiger partial charge in [-0.3, -0.25) is 9.98 Å². The van der Waals surface area contributed by atoms with Gasteiger partial charge in [0.25, 0.3) is 0 Å². The molecule has 6 rings (SSSR count). The van der Waals surface area contributed by atoms with E-state index in [-0.39, 0.29) is 34.5 Å². The van der Waals surface area contributed by atoms with E-state index in [1.807, 2.05) is 27.7 Å². The minimum atomic E-state index is -1.29. The fourth-order valence-electron chi connectivity index (χ4n) is 5.94. The summed E-state index contributed by atoms with van der Waals surface area (Å²) >= 11 is -1.03. The van der Waals surface area contributed by atoms with Gasteiger partial charge in [-0.1, -0.05) is 64.1 Å². The zero-order chi connectivity index (χ0) is 44.0. The average Bonchev–Trinajstić information content (AvgIpc) is 3.24. The molecule has 0 aliphatic carbocycles. The first-order chi connectivity index (χ1) is 29.4. The van der Waals surface area contributed by atoms with Crippen LogP contribution in [0.25, 0.3) is 0 Å². The zero-order valence-electron chi connectivity index (χ0n) is 34.9. The van der Waals surface area contributed by atoms with Crippen LogP contribution in [0.2, 0.25) is 0 Å². The van der Waals surface area contributed by atoms with Crippen molar-refractivity contribution in [3.8, 4) is 11.5 Å². The number of aliphatic imine (C=N–C) groups is 2. The first-order valence-corrected chi connectivity index (χ1v) is 25.9. The van der Waals surface area contributed by atoms with Crippen LogP contribution in [0, 0.1) is 11.8 Å². The molecule has 8 nitrogen and oxygen atoms in total. The summed E-state index contributed by atoms with van der Waals surface area (Å²) in [6, 6.07) is 50.4. The van der Waals surface area contributed by atoms with Crippen LogP contribution in [0.4, 0.5) is 0 Å². The van der Waals surface area contributed by atoms with Gasteiger partial charge in [0.15, 0.2) is 0 Å². The van der Waals surface area contributed by atoms with Crippen LogP contribution in [-0.2, 0) is 16.0 Å². The van der Waals surface area contributed by atoms with Gasteiger partial charge in [-0.2, -0.15) is 0 Å². The van der Waals surface area contributed by atoms with E-state index in [1.165, 1.54) is 38.9 Å². The van der Waals surface area contributed by atoms with Gasteiger partial charge < -0.3 is 30.0 Å². The Hall–Kier alpha value is -5.20. The van der Waals surface area contributed by atoms with Crippen molar-refractivity contribution in [1.29, 1.82) is 0 Å². The molecule has 0 aromatic heterocycles. The molecule has 0 unspecified atom stereocenters. The first-order valence-electron chi connectivity index (χ1n) is 20.2. The molecule has 0 radical (unpaired) electrons. The van der Waals surface area contributed by atoms with E-state index in [9.17, 15) is 30.0 Å². The topological polar surface area (TPSA) is 151 Å². The molecule has 0 N–H and O–H groups in total. The maximum absolute atomic E-state index is 12.2. The van der Waals surface area contributed by atoms with Gasteiger partial charge in [0.05, 0.1) is 24.0 Å². The number of carbonyl (C=O) groups excluding carboxylic acids is 2. The fraction of sp³-hybridized carbons (Fsp3) is 0.216. The predicted octanol–water partition coefficient (Wildman–Crippen LogP) is 3.27. The number of carboxylic acids is 2. The Morgan fingerprint density at radius 2 is 0.787 bits per heavy atom. The van der Waals surface area contributed by atoms with Crippen molar-refractivity contribution in [2.45, 2.75) is 59.0 Å². The van der Waals surface area contributed by atoms with Gasteiger partial charge in [0.1, 0.15) is 0 Å². The fourth-order valence-corrected chi connectivity index (χ4v) is 11.9. The number of carbonyl (C=O) groups is 2. The standard InChI is InChI=1S/C27H34N2O6.4C6H5.2Sn/c1-16(2)9-22(26(32)33)28-14-20-12-18(5-7-24(20)30)11-19-6-8-25(31)21(13-19)15-29-23(27(34)35)10-17(3)4;4*1-2-4-6-5-3-1;;/h5-8,12-17,22-23,30-31H,9-11H2,1-4H3,(H,32,33)(H,34,35);4*1-5H;;/q;;;;;2*+2/p-4/t22-,23-;;;;;;/m0....../s1. The predicted molar refractivity (Wildman–Crippen MR) is 242 cm³/mol. The number of hydrogen-bond acceptors (Lipinski definition) is 8. The molecule has 0 aliphatic heterocycles. The molecule has 10 heteroatoms. The zero-order valence-corrected chi connectivity index (χ0v) is 40.6. The molecule has 0 spiro atoms. The Morgan fingerprint density at radius 1 is 0.492 bits per heavy atom. The van der Waals surface area contributed by atoms with Crippen molar-refractivity contribution in [3.05, 3.63) is 180 Å². The molecule has 0 fully saturated rings. The molecule has 0 aliphatic rings. The molecule has 6 aromatic carbocycles. The summed E-state index contributed by atoms with van der Waals surface area (Å²) < 4.78 is 6.16. The van der Waals surface area contributed by atoms with Gasteiger partial charge >= 0.3 is 178 Å². The van der Waals surface area contributed by atoms with Gasteiger partial charge in [-0.25, -0.2) is 0 Å². The van der Waals surface area contributed by atoms with E-state index in [0.29, 0.717) is 19.3 Å². The van der Waals surface area contributed by atoms with Crippen LogP contribution in [0.5, 0.6) is 11.5 Å². The summed E-state index contributed by atoms with van der Waals surface area (Å²) in [6.45, 7) is 7.50. The number of carboxylic acid groups (broad SMARTS) is 2. The maximum atomic E-state index is 12.2. The Balaban J connectivity index is 0.000000252. The second-order valence-electron chi connectivity index (χ2n) is 15.1. The normalized spacial score (nSPS) is 11.8. The molecule has 0 amide bonds. The van der Waals surface area contributed by atoms with Gasteiger partial charge in [-0.15, -0.1) is 11.5 Å². The van der Waals surface area contributed by atoms with E-state index < -0.39 is 66.3 Å². The van der Waals surface area contributed by atoms with Crippen molar-refractivity contribution in [3.63, 3.8) is 0 Å². The Morgan fingerprint density at radius 3 is 1.05 bits per heavy atom. The van der Waals surface area contributed by atoms with Crippen LogP contribution in [0.3, 0.4) is 0 Å². The molecule has 61 heavy (non-hydrogen) atoms. The second-order valence-corrected chi connectivity index (χ2v) is 23.1. The molecule has 0 saturated carbocycles. The molecule has 0 heterocycles. The summed E-state index contributed by atoms with van der Waals surface area (Å²) in [4.78, 5) is 30.7. The van der Waals surface area contributed by atoms with E-state index in [4.69, 9.17) is 0 Å². The molecule has 308 valence electrons. The Kier molecular flexibility index (Phi) is 20.8. The van der Waals surface area contributed by atoms with Crippen LogP contribution in [-0.4, -0.2) is 78.7 Å². The van der Waals surface area contributed by atoms with Crippen molar-refractivity contribution in [1.82, 2.24) is 0 Å². The summed E-state index contributed by atoms with van der Waals surface area (Å²) in [6.07, 6.45) is 3.52. The quantitative estimate of drug-likeness (QED) is 0.107. The molecule has 0 saturated heterocycles. The van der Waals surface area contributed by atoms with E-state index in [2.05, 4.69) is 131 Å². The molecule has 6 aromatic rings. The summed E-state index contributed by atoms with van der Waals surface area (Å²) in [5.41, 5.74) is 2.03. The van der Waals surface area contributed by atoms with Crippen LogP contribution in [0.1, 0.15) is 62.8 Å². The van der Waals surface area contributed by atoms with E-state index >= 15 is 0 Å². The first kappa shape index (κ1) is 48.5. The summed E-state index contributed by atoms with van der Waals surface area (Å²) in [5.74, 6) is -2.97. The van der Waals surface area contributed by atoms with Crippen molar-refractivity contribution < 1.29 is 30.0 Å². The average molecular weight is 1020 g/mol. The third kappa shape index (κ3) is 18.5. The number of hydrogen-bond donors (Lipinski definition) is 0. The number of benzene rings is 6. The third-order valence-electron chi connectivity index (χ3n) is 8.95. The third-order valence-corrected chi connectivity index (χ3v) is 16.1. The molecule has 2 atom stereocenters. The van der Waals surface area contributed by atoms with Crippen molar-refractivity contribution in [2.24, 2.45) is 21.8 Å². The summed E-state index contributed by atoms with van der Waals surface area (Å²) in [7, 11) is 0. The minimum absolute atomic E-state index is 0.0993. The van der Waals surface area contributed by atoms with Gasteiger partial charge in [0, 0.05) is 12.4 Å². The SMILES string of the molecule is CC(C)C[C@H](N=Cc1cc(Cc2ccc([O-])c(C=N[C@@H](CC(C)C)C(=O)[O-])c2)ccc1[O-])C(=O)[O-].c1cc[c]([Sn+2][c]2ccccc2)cc1.c1cc[c]([Sn+2][c]2ccccc2)cc1. The second kappa shape index (κ2) is 26.2. The summed E-state index contributed by atoms with van der Waals surface area (Å²) in [5, 5.41) is 47.1.